The lowest BCUT2D eigenvalue weighted by atomic mass is 10.0. The molecule has 6 heteroatoms. The molecule has 2 atom stereocenters. The lowest BCUT2D eigenvalue weighted by Crippen LogP contribution is -2.47. The van der Waals surface area contributed by atoms with Gasteiger partial charge in [-0.1, -0.05) is 35.3 Å². The van der Waals surface area contributed by atoms with E-state index >= 15 is 0 Å². The molecule has 0 radical (unpaired) electrons. The molecule has 2 rings (SSSR count). The number of nitrogens with zero attached hydrogens (tertiary/aromatic N) is 1. The molecule has 4 nitrogen and oxygen atoms in total. The Morgan fingerprint density at radius 3 is 3.00 bits per heavy atom. The highest BCUT2D eigenvalue weighted by molar-refractivity contribution is 6.42. The van der Waals surface area contributed by atoms with Crippen LogP contribution in [0.25, 0.3) is 0 Å². The van der Waals surface area contributed by atoms with Gasteiger partial charge < -0.3 is 9.84 Å². The number of hydrogen-bond donors (Lipinski definition) is 1. The van der Waals surface area contributed by atoms with Crippen LogP contribution in [0, 0.1) is 0 Å². The molecule has 0 amide bonds. The van der Waals surface area contributed by atoms with Crippen LogP contribution in [0.1, 0.15) is 24.9 Å². The molecule has 1 fully saturated rings. The lowest BCUT2D eigenvalue weighted by molar-refractivity contribution is -0.140. The summed E-state index contributed by atoms with van der Waals surface area (Å²) in [5.74, 6) is -0.824. The van der Waals surface area contributed by atoms with Crippen LogP contribution in [0.3, 0.4) is 0 Å². The zero-order chi connectivity index (χ0) is 14.7. The standard InChI is InChI=1S/C14H17Cl2NO3/c1-9(11-3-2-4-12(15)14(11)16)17-5-6-20-8-10(17)7-13(18)19/h2-4,9-10H,5-8H2,1H3,(H,18,19). The predicted molar refractivity (Wildman–Crippen MR) is 78.4 cm³/mol. The first kappa shape index (κ1) is 15.6. The van der Waals surface area contributed by atoms with E-state index in [1.807, 2.05) is 19.1 Å². The van der Waals surface area contributed by atoms with Crippen LogP contribution in [0.2, 0.25) is 10.0 Å². The Morgan fingerprint density at radius 2 is 2.30 bits per heavy atom. The summed E-state index contributed by atoms with van der Waals surface area (Å²) in [4.78, 5) is 13.1. The summed E-state index contributed by atoms with van der Waals surface area (Å²) in [6.45, 7) is 3.72. The van der Waals surface area contributed by atoms with Crippen molar-refractivity contribution in [1.29, 1.82) is 0 Å². The van der Waals surface area contributed by atoms with Crippen LogP contribution in [-0.2, 0) is 9.53 Å². The maximum absolute atomic E-state index is 11.0. The summed E-state index contributed by atoms with van der Waals surface area (Å²) < 4.78 is 5.39. The normalized spacial score (nSPS) is 21.6. The Morgan fingerprint density at radius 1 is 1.55 bits per heavy atom. The van der Waals surface area contributed by atoms with Crippen LogP contribution < -0.4 is 0 Å². The average Bonchev–Trinajstić information content (AvgIpc) is 2.41. The number of carbonyl (C=O) groups is 1. The fraction of sp³-hybridized carbons (Fsp3) is 0.500. The molecule has 0 saturated carbocycles. The molecule has 1 aromatic carbocycles. The summed E-state index contributed by atoms with van der Waals surface area (Å²) in [6.07, 6.45) is 0.0581. The van der Waals surface area contributed by atoms with Crippen molar-refractivity contribution in [3.63, 3.8) is 0 Å². The number of hydrogen-bond acceptors (Lipinski definition) is 3. The molecule has 0 aromatic heterocycles. The van der Waals surface area contributed by atoms with E-state index in [4.69, 9.17) is 33.0 Å². The SMILES string of the molecule is CC(c1cccc(Cl)c1Cl)N1CCOCC1CC(=O)O. The van der Waals surface area contributed by atoms with Crippen LogP contribution >= 0.6 is 23.2 Å². The Labute approximate surface area is 128 Å². The lowest BCUT2D eigenvalue weighted by Gasteiger charge is -2.39. The van der Waals surface area contributed by atoms with Crippen molar-refractivity contribution in [2.45, 2.75) is 25.4 Å². The molecule has 1 N–H and O–H groups in total. The van der Waals surface area contributed by atoms with Gasteiger partial charge in [-0.05, 0) is 18.6 Å². The Bertz CT molecular complexity index is 495. The van der Waals surface area contributed by atoms with Gasteiger partial charge in [0.05, 0.1) is 29.7 Å². The quantitative estimate of drug-likeness (QED) is 0.926. The van der Waals surface area contributed by atoms with Crippen molar-refractivity contribution in [2.75, 3.05) is 19.8 Å². The van der Waals surface area contributed by atoms with Crippen molar-refractivity contribution in [3.05, 3.63) is 33.8 Å². The number of morpholine rings is 1. The number of halogens is 2. The molecule has 1 aliphatic rings. The molecular formula is C14H17Cl2NO3. The number of carboxylic acids is 1. The number of aliphatic carboxylic acids is 1. The van der Waals surface area contributed by atoms with Gasteiger partial charge in [0.1, 0.15) is 0 Å². The van der Waals surface area contributed by atoms with Crippen molar-refractivity contribution >= 4 is 29.2 Å². The number of ether oxygens (including phenoxy) is 1. The van der Waals surface area contributed by atoms with Crippen molar-refractivity contribution in [2.24, 2.45) is 0 Å². The summed E-state index contributed by atoms with van der Waals surface area (Å²) in [6, 6.07) is 5.37. The zero-order valence-corrected chi connectivity index (χ0v) is 12.7. The smallest absolute Gasteiger partial charge is 0.305 e. The highest BCUT2D eigenvalue weighted by Crippen LogP contribution is 2.34. The largest absolute Gasteiger partial charge is 0.481 e. The van der Waals surface area contributed by atoms with E-state index in [-0.39, 0.29) is 18.5 Å². The van der Waals surface area contributed by atoms with Crippen molar-refractivity contribution < 1.29 is 14.6 Å². The molecule has 1 heterocycles. The van der Waals surface area contributed by atoms with Gasteiger partial charge in [0.15, 0.2) is 0 Å². The van der Waals surface area contributed by atoms with Gasteiger partial charge in [0.25, 0.3) is 0 Å². The Hall–Kier alpha value is -0.810. The summed E-state index contributed by atoms with van der Waals surface area (Å²) in [5.41, 5.74) is 0.913. The summed E-state index contributed by atoms with van der Waals surface area (Å²) in [5, 5.41) is 10.0. The second-order valence-electron chi connectivity index (χ2n) is 4.88. The van der Waals surface area contributed by atoms with Crippen molar-refractivity contribution in [3.8, 4) is 0 Å². The first-order valence-corrected chi connectivity index (χ1v) is 7.25. The third kappa shape index (κ3) is 3.44. The average molecular weight is 318 g/mol. The molecule has 20 heavy (non-hydrogen) atoms. The first-order valence-electron chi connectivity index (χ1n) is 6.50. The number of carboxylic acid groups (broad SMARTS) is 1. The maximum atomic E-state index is 11.0. The van der Waals surface area contributed by atoms with Gasteiger partial charge in [-0.2, -0.15) is 0 Å². The third-order valence-corrected chi connectivity index (χ3v) is 4.45. The highest BCUT2D eigenvalue weighted by Gasteiger charge is 2.30. The van der Waals surface area contributed by atoms with E-state index in [0.717, 1.165) is 5.56 Å². The minimum atomic E-state index is -0.824. The molecule has 0 aliphatic carbocycles. The second-order valence-corrected chi connectivity index (χ2v) is 5.67. The molecule has 1 aromatic rings. The van der Waals surface area contributed by atoms with Gasteiger partial charge in [0.2, 0.25) is 0 Å². The minimum absolute atomic E-state index is 0.00514. The van der Waals surface area contributed by atoms with E-state index < -0.39 is 5.97 Å². The third-order valence-electron chi connectivity index (χ3n) is 3.61. The van der Waals surface area contributed by atoms with Crippen LogP contribution in [-0.4, -0.2) is 41.8 Å². The summed E-state index contributed by atoms with van der Waals surface area (Å²) in [7, 11) is 0. The van der Waals surface area contributed by atoms with E-state index in [1.54, 1.807) is 6.07 Å². The van der Waals surface area contributed by atoms with E-state index in [0.29, 0.717) is 29.8 Å². The monoisotopic (exact) mass is 317 g/mol. The topological polar surface area (TPSA) is 49.8 Å². The van der Waals surface area contributed by atoms with E-state index in [9.17, 15) is 4.79 Å². The summed E-state index contributed by atoms with van der Waals surface area (Å²) >= 11 is 12.3. The van der Waals surface area contributed by atoms with Gasteiger partial charge in [0, 0.05) is 18.6 Å². The molecule has 1 saturated heterocycles. The molecular weight excluding hydrogens is 301 g/mol. The molecule has 110 valence electrons. The van der Waals surface area contributed by atoms with Crippen LogP contribution in [0.5, 0.6) is 0 Å². The first-order chi connectivity index (χ1) is 9.50. The van der Waals surface area contributed by atoms with E-state index in [2.05, 4.69) is 4.90 Å². The van der Waals surface area contributed by atoms with Gasteiger partial charge in [-0.25, -0.2) is 0 Å². The number of rotatable bonds is 4. The van der Waals surface area contributed by atoms with Crippen LogP contribution in [0.15, 0.2) is 18.2 Å². The zero-order valence-electron chi connectivity index (χ0n) is 11.2. The number of benzene rings is 1. The molecule has 1 aliphatic heterocycles. The second kappa shape index (κ2) is 6.76. The highest BCUT2D eigenvalue weighted by atomic mass is 35.5. The fourth-order valence-corrected chi connectivity index (χ4v) is 3.04. The molecule has 0 spiro atoms. The van der Waals surface area contributed by atoms with E-state index in [1.165, 1.54) is 0 Å². The minimum Gasteiger partial charge on any atom is -0.481 e. The molecule has 0 bridgehead atoms. The van der Waals surface area contributed by atoms with Gasteiger partial charge in [-0.15, -0.1) is 0 Å². The van der Waals surface area contributed by atoms with Gasteiger partial charge >= 0.3 is 5.97 Å². The predicted octanol–water partition coefficient (Wildman–Crippen LogP) is 3.23. The van der Waals surface area contributed by atoms with Crippen molar-refractivity contribution in [1.82, 2.24) is 4.90 Å². The Kier molecular flexibility index (Phi) is 5.27. The van der Waals surface area contributed by atoms with Gasteiger partial charge in [-0.3, -0.25) is 9.69 Å². The molecule has 2 unspecified atom stereocenters. The fourth-order valence-electron chi connectivity index (χ4n) is 2.58. The Balaban J connectivity index is 2.22. The maximum Gasteiger partial charge on any atom is 0.305 e. The van der Waals surface area contributed by atoms with Crippen LogP contribution in [0.4, 0.5) is 0 Å².